The van der Waals surface area contributed by atoms with Gasteiger partial charge in [-0.3, -0.25) is 9.78 Å². The molecule has 2 N–H and O–H groups in total. The number of nitrogens with one attached hydrogen (secondary N) is 2. The van der Waals surface area contributed by atoms with E-state index in [-0.39, 0.29) is 18.0 Å². The second-order valence-corrected chi connectivity index (χ2v) is 10.9. The molecule has 1 fully saturated rings. The summed E-state index contributed by atoms with van der Waals surface area (Å²) < 4.78 is 7.87. The highest BCUT2D eigenvalue weighted by Gasteiger charge is 2.42. The largest absolute Gasteiger partial charge is 0.495 e. The minimum absolute atomic E-state index is 0.173. The molecule has 0 spiro atoms. The Morgan fingerprint density at radius 3 is 2.38 bits per heavy atom. The van der Waals surface area contributed by atoms with Crippen LogP contribution in [-0.4, -0.2) is 27.7 Å². The zero-order chi connectivity index (χ0) is 28.7. The van der Waals surface area contributed by atoms with Gasteiger partial charge in [0.05, 0.1) is 36.3 Å². The Labute approximate surface area is 241 Å². The maximum Gasteiger partial charge on any atom is 0.221 e. The highest BCUT2D eigenvalue weighted by molar-refractivity contribution is 7.80. The zero-order valence-corrected chi connectivity index (χ0v) is 24.8. The Morgan fingerprint density at radius 2 is 1.75 bits per heavy atom. The van der Waals surface area contributed by atoms with Crippen LogP contribution in [-0.2, 0) is 4.79 Å². The third kappa shape index (κ3) is 4.84. The Morgan fingerprint density at radius 1 is 1.02 bits per heavy atom. The Balaban J connectivity index is 1.71. The van der Waals surface area contributed by atoms with Gasteiger partial charge in [-0.25, -0.2) is 0 Å². The van der Waals surface area contributed by atoms with Crippen LogP contribution >= 0.6 is 12.2 Å². The van der Waals surface area contributed by atoms with E-state index in [0.717, 1.165) is 28.3 Å². The predicted molar refractivity (Wildman–Crippen MR) is 165 cm³/mol. The number of benzene rings is 2. The van der Waals surface area contributed by atoms with Crippen molar-refractivity contribution in [3.05, 3.63) is 100 Å². The number of methoxy groups -OCH3 is 1. The van der Waals surface area contributed by atoms with E-state index in [1.54, 1.807) is 7.11 Å². The number of carbonyl (C=O) groups excluding carboxylic acids is 1. The highest BCUT2D eigenvalue weighted by Crippen LogP contribution is 2.45. The van der Waals surface area contributed by atoms with Gasteiger partial charge >= 0.3 is 0 Å². The van der Waals surface area contributed by atoms with Crippen LogP contribution in [0.25, 0.3) is 5.69 Å². The quantitative estimate of drug-likeness (QED) is 0.264. The van der Waals surface area contributed by atoms with E-state index in [1.165, 1.54) is 29.3 Å². The number of aryl methyl sites for hydroxylation is 4. The van der Waals surface area contributed by atoms with E-state index in [4.69, 9.17) is 21.9 Å². The third-order valence-electron chi connectivity index (χ3n) is 7.52. The van der Waals surface area contributed by atoms with Crippen LogP contribution in [0, 0.1) is 34.6 Å². The van der Waals surface area contributed by atoms with Crippen LogP contribution in [0.3, 0.4) is 0 Å². The Hall–Kier alpha value is -4.17. The van der Waals surface area contributed by atoms with Gasteiger partial charge in [0, 0.05) is 30.2 Å². The van der Waals surface area contributed by atoms with Crippen molar-refractivity contribution in [2.45, 2.75) is 53.6 Å². The molecule has 8 heteroatoms. The fraction of sp³-hybridized carbons (Fsp3) is 0.281. The molecule has 2 atom stereocenters. The summed E-state index contributed by atoms with van der Waals surface area (Å²) in [6, 6.07) is 18.0. The summed E-state index contributed by atoms with van der Waals surface area (Å²) in [4.78, 5) is 18.8. The molecule has 0 aliphatic carbocycles. The predicted octanol–water partition coefficient (Wildman–Crippen LogP) is 6.56. The second kappa shape index (κ2) is 10.8. The first-order chi connectivity index (χ1) is 19.1. The van der Waals surface area contributed by atoms with E-state index in [9.17, 15) is 4.79 Å². The summed E-state index contributed by atoms with van der Waals surface area (Å²) in [6.07, 6.45) is 1.81. The van der Waals surface area contributed by atoms with E-state index in [2.05, 4.69) is 72.9 Å². The van der Waals surface area contributed by atoms with Crippen LogP contribution in [0.4, 0.5) is 11.4 Å². The van der Waals surface area contributed by atoms with Crippen molar-refractivity contribution in [3.8, 4) is 11.4 Å². The summed E-state index contributed by atoms with van der Waals surface area (Å²) in [6.45, 7) is 12.3. The SMILES string of the molecule is COc1ccc(N2C(=S)N[C@H](c3ccccn3)[C@@H]2c2cc(C)n(-c3c(C)cc(C)cc3C)c2C)cc1NC(C)=O. The van der Waals surface area contributed by atoms with Crippen LogP contribution in [0.15, 0.2) is 60.8 Å². The van der Waals surface area contributed by atoms with Gasteiger partial charge in [0.25, 0.3) is 0 Å². The molecule has 1 aliphatic rings. The maximum atomic E-state index is 12.0. The molecule has 2 aromatic heterocycles. The molecule has 40 heavy (non-hydrogen) atoms. The van der Waals surface area contributed by atoms with Gasteiger partial charge in [0.2, 0.25) is 5.91 Å². The molecule has 0 saturated carbocycles. The minimum atomic E-state index is -0.188. The summed E-state index contributed by atoms with van der Waals surface area (Å²) in [5, 5.41) is 7.03. The molecule has 0 unspecified atom stereocenters. The van der Waals surface area contributed by atoms with Gasteiger partial charge in [-0.1, -0.05) is 23.8 Å². The molecular weight excluding hydrogens is 518 g/mol. The van der Waals surface area contributed by atoms with Crippen LogP contribution in [0.2, 0.25) is 0 Å². The van der Waals surface area contributed by atoms with Crippen LogP contribution in [0.5, 0.6) is 5.75 Å². The van der Waals surface area contributed by atoms with E-state index in [1.807, 2.05) is 42.6 Å². The van der Waals surface area contributed by atoms with Gasteiger partial charge in [-0.15, -0.1) is 0 Å². The lowest BCUT2D eigenvalue weighted by Crippen LogP contribution is -2.29. The molecular formula is C32H35N5O2S. The lowest BCUT2D eigenvalue weighted by Gasteiger charge is -2.29. The number of thiocarbonyl (C=S) groups is 1. The van der Waals surface area contributed by atoms with Crippen molar-refractivity contribution in [2.24, 2.45) is 0 Å². The molecule has 3 heterocycles. The second-order valence-electron chi connectivity index (χ2n) is 10.5. The standard InChI is InChI=1S/C32H35N5O2S/c1-18-14-19(2)30(20(3)15-18)36-21(4)16-25(22(36)5)31-29(26-10-8-9-13-33-26)35-32(40)37(31)24-11-12-28(39-7)27(17-24)34-23(6)38/h8-17,29,31H,1-7H3,(H,34,38)(H,35,40)/t29-,31+/m1/s1. The van der Waals surface area contributed by atoms with Crippen molar-refractivity contribution in [1.29, 1.82) is 0 Å². The molecule has 0 bridgehead atoms. The lowest BCUT2D eigenvalue weighted by atomic mass is 9.96. The van der Waals surface area contributed by atoms with E-state index >= 15 is 0 Å². The fourth-order valence-electron chi connectivity index (χ4n) is 6.04. The molecule has 0 radical (unpaired) electrons. The molecule has 1 aliphatic heterocycles. The average Bonchev–Trinajstić information content (AvgIpc) is 3.39. The molecule has 7 nitrogen and oxygen atoms in total. The molecule has 206 valence electrons. The first-order valence-corrected chi connectivity index (χ1v) is 13.7. The number of anilines is 2. The number of carbonyl (C=O) groups is 1. The number of aromatic nitrogens is 2. The van der Waals surface area contributed by atoms with Crippen molar-refractivity contribution in [2.75, 3.05) is 17.3 Å². The monoisotopic (exact) mass is 553 g/mol. The zero-order valence-electron chi connectivity index (χ0n) is 24.0. The molecule has 1 saturated heterocycles. The van der Waals surface area contributed by atoms with Crippen LogP contribution < -0.4 is 20.3 Å². The third-order valence-corrected chi connectivity index (χ3v) is 7.83. The van der Waals surface area contributed by atoms with Gasteiger partial charge < -0.3 is 24.8 Å². The van der Waals surface area contributed by atoms with Gasteiger partial charge in [-0.2, -0.15) is 0 Å². The van der Waals surface area contributed by atoms with Gasteiger partial charge in [-0.05, 0) is 99.9 Å². The number of ether oxygens (including phenoxy) is 1. The Bertz CT molecular complexity index is 1590. The molecule has 4 aromatic rings. The van der Waals surface area contributed by atoms with E-state index < -0.39 is 0 Å². The maximum absolute atomic E-state index is 12.0. The first kappa shape index (κ1) is 27.4. The summed E-state index contributed by atoms with van der Waals surface area (Å²) in [5.41, 5.74) is 10.7. The van der Waals surface area contributed by atoms with Crippen molar-refractivity contribution >= 4 is 34.6 Å². The first-order valence-electron chi connectivity index (χ1n) is 13.3. The van der Waals surface area contributed by atoms with E-state index in [0.29, 0.717) is 16.5 Å². The summed E-state index contributed by atoms with van der Waals surface area (Å²) in [5.74, 6) is 0.409. The average molecular weight is 554 g/mol. The Kier molecular flexibility index (Phi) is 7.38. The number of nitrogens with zero attached hydrogens (tertiary/aromatic N) is 3. The van der Waals surface area contributed by atoms with Crippen molar-refractivity contribution in [3.63, 3.8) is 0 Å². The summed E-state index contributed by atoms with van der Waals surface area (Å²) >= 11 is 5.96. The fourth-order valence-corrected chi connectivity index (χ4v) is 6.38. The summed E-state index contributed by atoms with van der Waals surface area (Å²) in [7, 11) is 1.59. The molecule has 1 amide bonds. The topological polar surface area (TPSA) is 71.4 Å². The van der Waals surface area contributed by atoms with Crippen LogP contribution in [0.1, 0.15) is 58.3 Å². The van der Waals surface area contributed by atoms with Gasteiger partial charge in [0.1, 0.15) is 5.75 Å². The molecule has 2 aromatic carbocycles. The van der Waals surface area contributed by atoms with Gasteiger partial charge in [0.15, 0.2) is 5.11 Å². The minimum Gasteiger partial charge on any atom is -0.495 e. The smallest absolute Gasteiger partial charge is 0.221 e. The van der Waals surface area contributed by atoms with Crippen molar-refractivity contribution < 1.29 is 9.53 Å². The number of hydrogen-bond donors (Lipinski definition) is 2. The number of hydrogen-bond acceptors (Lipinski definition) is 4. The molecule has 5 rings (SSSR count). The number of rotatable bonds is 6. The van der Waals surface area contributed by atoms with Crippen molar-refractivity contribution in [1.82, 2.24) is 14.9 Å². The number of pyridine rings is 1. The lowest BCUT2D eigenvalue weighted by molar-refractivity contribution is -0.114. The normalized spacial score (nSPS) is 16.7. The highest BCUT2D eigenvalue weighted by atomic mass is 32.1. The number of amides is 1.